The molecule has 1 aromatic heterocycles. The number of fused-ring (bicyclic) bond motifs is 5. The monoisotopic (exact) mass is 506 g/mol. The Hall–Kier alpha value is -4.60. The van der Waals surface area contributed by atoms with Crippen LogP contribution in [0.5, 0.6) is 23.0 Å². The number of hydrogen-bond donors (Lipinski definition) is 0. The fourth-order valence-electron chi connectivity index (χ4n) is 6.11. The van der Waals surface area contributed by atoms with Crippen LogP contribution in [0.4, 0.5) is 0 Å². The fourth-order valence-corrected chi connectivity index (χ4v) is 6.84. The van der Waals surface area contributed by atoms with Gasteiger partial charge in [0.2, 0.25) is 0 Å². The van der Waals surface area contributed by atoms with E-state index < -0.39 is 5.41 Å². The Morgan fingerprint density at radius 3 is 1.87 bits per heavy atom. The molecule has 0 radical (unpaired) electrons. The molecule has 0 saturated carbocycles. The van der Waals surface area contributed by atoms with Crippen LogP contribution in [0.15, 0.2) is 133 Å². The third-order valence-corrected chi connectivity index (χ3v) is 8.63. The van der Waals surface area contributed by atoms with Gasteiger partial charge in [-0.3, -0.25) is 0 Å². The summed E-state index contributed by atoms with van der Waals surface area (Å²) in [5, 5.41) is 2.09. The average Bonchev–Trinajstić information content (AvgIpc) is 3.61. The SMILES string of the molecule is c1ccc(C2(c3ccccc3)c3ccccc3-c3cc4c(cc32)Oc2ccc(-c3cccs3)cc2O4)cc1. The van der Waals surface area contributed by atoms with E-state index in [0.29, 0.717) is 0 Å². The molecule has 5 aromatic carbocycles. The first-order chi connectivity index (χ1) is 18.8. The van der Waals surface area contributed by atoms with Gasteiger partial charge in [-0.05, 0) is 80.7 Å². The fraction of sp³-hybridized carbons (Fsp3) is 0.0286. The van der Waals surface area contributed by atoms with E-state index in [1.807, 2.05) is 6.07 Å². The highest BCUT2D eigenvalue weighted by atomic mass is 32.1. The highest BCUT2D eigenvalue weighted by molar-refractivity contribution is 7.13. The van der Waals surface area contributed by atoms with E-state index >= 15 is 0 Å². The molecule has 1 aliphatic heterocycles. The van der Waals surface area contributed by atoms with Crippen molar-refractivity contribution in [1.82, 2.24) is 0 Å². The Labute approximate surface area is 225 Å². The van der Waals surface area contributed by atoms with Gasteiger partial charge in [-0.25, -0.2) is 0 Å². The minimum Gasteiger partial charge on any atom is -0.450 e. The first-order valence-corrected chi connectivity index (χ1v) is 13.6. The molecule has 2 aliphatic rings. The second kappa shape index (κ2) is 8.20. The van der Waals surface area contributed by atoms with E-state index in [-0.39, 0.29) is 0 Å². The molecule has 180 valence electrons. The van der Waals surface area contributed by atoms with Crippen molar-refractivity contribution in [3.05, 3.63) is 155 Å². The summed E-state index contributed by atoms with van der Waals surface area (Å²) >= 11 is 1.72. The highest BCUT2D eigenvalue weighted by Crippen LogP contribution is 2.59. The highest BCUT2D eigenvalue weighted by Gasteiger charge is 2.47. The van der Waals surface area contributed by atoms with Gasteiger partial charge in [0.1, 0.15) is 0 Å². The molecule has 0 amide bonds. The average molecular weight is 507 g/mol. The van der Waals surface area contributed by atoms with Gasteiger partial charge < -0.3 is 9.47 Å². The van der Waals surface area contributed by atoms with Crippen LogP contribution in [-0.4, -0.2) is 0 Å². The number of hydrogen-bond acceptors (Lipinski definition) is 3. The van der Waals surface area contributed by atoms with Crippen LogP contribution in [0.2, 0.25) is 0 Å². The van der Waals surface area contributed by atoms with Crippen molar-refractivity contribution >= 4 is 11.3 Å². The quantitative estimate of drug-likeness (QED) is 0.237. The third kappa shape index (κ3) is 3.00. The summed E-state index contributed by atoms with van der Waals surface area (Å²) in [5.74, 6) is 2.96. The van der Waals surface area contributed by atoms with Crippen LogP contribution in [0, 0.1) is 0 Å². The zero-order valence-electron chi connectivity index (χ0n) is 20.4. The smallest absolute Gasteiger partial charge is 0.170 e. The van der Waals surface area contributed by atoms with Crippen LogP contribution >= 0.6 is 11.3 Å². The van der Waals surface area contributed by atoms with Crippen LogP contribution in [-0.2, 0) is 5.41 Å². The lowest BCUT2D eigenvalue weighted by molar-refractivity contribution is 0.359. The molecule has 2 heterocycles. The Balaban J connectivity index is 1.36. The molecule has 3 heteroatoms. The van der Waals surface area contributed by atoms with Crippen LogP contribution < -0.4 is 9.47 Å². The van der Waals surface area contributed by atoms with Crippen molar-refractivity contribution in [2.75, 3.05) is 0 Å². The molecule has 8 rings (SSSR count). The van der Waals surface area contributed by atoms with Crippen molar-refractivity contribution in [1.29, 1.82) is 0 Å². The maximum atomic E-state index is 6.52. The zero-order chi connectivity index (χ0) is 25.1. The van der Waals surface area contributed by atoms with Gasteiger partial charge in [0, 0.05) is 4.88 Å². The van der Waals surface area contributed by atoms with Crippen molar-refractivity contribution in [3.63, 3.8) is 0 Å². The van der Waals surface area contributed by atoms with Gasteiger partial charge in [0.25, 0.3) is 0 Å². The first kappa shape index (κ1) is 21.5. The summed E-state index contributed by atoms with van der Waals surface area (Å²) in [5.41, 5.74) is 8.00. The molecule has 0 atom stereocenters. The van der Waals surface area contributed by atoms with E-state index in [1.165, 1.54) is 38.3 Å². The van der Waals surface area contributed by atoms with Crippen molar-refractivity contribution in [2.45, 2.75) is 5.41 Å². The Kier molecular flexibility index (Phi) is 4.64. The van der Waals surface area contributed by atoms with Gasteiger partial charge in [-0.2, -0.15) is 0 Å². The molecule has 0 saturated heterocycles. The molecule has 1 aliphatic carbocycles. The summed E-state index contributed by atoms with van der Waals surface area (Å²) in [7, 11) is 0. The largest absolute Gasteiger partial charge is 0.450 e. The summed E-state index contributed by atoms with van der Waals surface area (Å²) < 4.78 is 13.0. The molecular weight excluding hydrogens is 484 g/mol. The van der Waals surface area contributed by atoms with E-state index in [4.69, 9.17) is 9.47 Å². The second-order valence-corrected chi connectivity index (χ2v) is 10.7. The van der Waals surface area contributed by atoms with E-state index in [9.17, 15) is 0 Å². The number of benzene rings is 5. The molecule has 2 nitrogen and oxygen atoms in total. The molecule has 38 heavy (non-hydrogen) atoms. The van der Waals surface area contributed by atoms with Gasteiger partial charge in [0.05, 0.1) is 5.41 Å². The van der Waals surface area contributed by atoms with Gasteiger partial charge in [-0.15, -0.1) is 11.3 Å². The predicted molar refractivity (Wildman–Crippen MR) is 154 cm³/mol. The lowest BCUT2D eigenvalue weighted by atomic mass is 9.67. The third-order valence-electron chi connectivity index (χ3n) is 7.71. The van der Waals surface area contributed by atoms with Crippen molar-refractivity contribution in [2.24, 2.45) is 0 Å². The summed E-state index contributed by atoms with van der Waals surface area (Å²) in [6.45, 7) is 0. The van der Waals surface area contributed by atoms with Gasteiger partial charge in [-0.1, -0.05) is 91.0 Å². The van der Waals surface area contributed by atoms with E-state index in [2.05, 4.69) is 127 Å². The molecule has 0 spiro atoms. The summed E-state index contributed by atoms with van der Waals surface area (Å²) in [6.07, 6.45) is 0. The Morgan fingerprint density at radius 2 is 1.13 bits per heavy atom. The number of thiophene rings is 1. The Bertz CT molecular complexity index is 1770. The minimum atomic E-state index is -0.462. The standard InChI is InChI=1S/C35H22O2S/c1-3-10-24(11-4-1)35(25-12-5-2-6-13-25)28-15-8-7-14-26(28)27-21-32-33(22-29(27)35)36-30-18-17-23(20-31(30)37-32)34-16-9-19-38-34/h1-22H. The van der Waals surface area contributed by atoms with Crippen molar-refractivity contribution in [3.8, 4) is 44.6 Å². The minimum absolute atomic E-state index is 0.462. The van der Waals surface area contributed by atoms with Crippen LogP contribution in [0.1, 0.15) is 22.3 Å². The summed E-state index contributed by atoms with van der Waals surface area (Å²) in [4.78, 5) is 1.21. The first-order valence-electron chi connectivity index (χ1n) is 12.8. The van der Waals surface area contributed by atoms with Crippen LogP contribution in [0.25, 0.3) is 21.6 Å². The van der Waals surface area contributed by atoms with Crippen molar-refractivity contribution < 1.29 is 9.47 Å². The number of rotatable bonds is 3. The molecular formula is C35H22O2S. The Morgan fingerprint density at radius 1 is 0.474 bits per heavy atom. The summed E-state index contributed by atoms with van der Waals surface area (Å²) in [6, 6.07) is 45.1. The molecule has 6 aromatic rings. The topological polar surface area (TPSA) is 18.5 Å². The lowest BCUT2D eigenvalue weighted by Crippen LogP contribution is -2.28. The number of ether oxygens (including phenoxy) is 2. The maximum absolute atomic E-state index is 6.52. The van der Waals surface area contributed by atoms with Gasteiger partial charge in [0.15, 0.2) is 23.0 Å². The molecule has 0 N–H and O–H groups in total. The zero-order valence-corrected chi connectivity index (χ0v) is 21.2. The maximum Gasteiger partial charge on any atom is 0.170 e. The molecule has 0 unspecified atom stereocenters. The van der Waals surface area contributed by atoms with E-state index in [0.717, 1.165) is 28.6 Å². The molecule has 0 fully saturated rings. The van der Waals surface area contributed by atoms with E-state index in [1.54, 1.807) is 11.3 Å². The second-order valence-electron chi connectivity index (χ2n) is 9.72. The van der Waals surface area contributed by atoms with Gasteiger partial charge >= 0.3 is 0 Å². The predicted octanol–water partition coefficient (Wildman–Crippen LogP) is 9.68. The molecule has 0 bridgehead atoms. The normalized spacial score (nSPS) is 13.9. The lowest BCUT2D eigenvalue weighted by Gasteiger charge is -2.34. The van der Waals surface area contributed by atoms with Crippen LogP contribution in [0.3, 0.4) is 0 Å².